The minimum atomic E-state index is -4.84. The Morgan fingerprint density at radius 2 is 2.08 bits per heavy atom. The maximum absolute atomic E-state index is 12.4. The van der Waals surface area contributed by atoms with Crippen molar-refractivity contribution in [2.45, 2.75) is 32.3 Å². The Morgan fingerprint density at radius 1 is 1.29 bits per heavy atom. The van der Waals surface area contributed by atoms with Crippen LogP contribution in [0.25, 0.3) is 0 Å². The van der Waals surface area contributed by atoms with Crippen molar-refractivity contribution in [1.29, 1.82) is 0 Å². The summed E-state index contributed by atoms with van der Waals surface area (Å²) in [4.78, 5) is 11.9. The van der Waals surface area contributed by atoms with E-state index in [-0.39, 0.29) is 12.2 Å². The van der Waals surface area contributed by atoms with Gasteiger partial charge in [-0.05, 0) is 18.6 Å². The number of carbonyl (C=O) groups is 1. The molecule has 0 saturated heterocycles. The lowest BCUT2D eigenvalue weighted by Gasteiger charge is -2.14. The van der Waals surface area contributed by atoms with E-state index in [1.54, 1.807) is 0 Å². The minimum absolute atomic E-state index is 0.0844. The Bertz CT molecular complexity index is 744. The summed E-state index contributed by atoms with van der Waals surface area (Å²) in [6.45, 7) is 0.921. The van der Waals surface area contributed by atoms with Crippen LogP contribution >= 0.6 is 0 Å². The van der Waals surface area contributed by atoms with Gasteiger partial charge >= 0.3 is 12.4 Å². The predicted octanol–water partition coefficient (Wildman–Crippen LogP) is 2.44. The quantitative estimate of drug-likeness (QED) is 0.895. The van der Waals surface area contributed by atoms with E-state index in [2.05, 4.69) is 25.6 Å². The Kier molecular flexibility index (Phi) is 4.28. The van der Waals surface area contributed by atoms with Crippen molar-refractivity contribution in [3.8, 4) is 5.75 Å². The van der Waals surface area contributed by atoms with Crippen LogP contribution in [0.3, 0.4) is 0 Å². The number of amides is 2. The molecule has 24 heavy (non-hydrogen) atoms. The Labute approximate surface area is 134 Å². The number of alkyl halides is 3. The van der Waals surface area contributed by atoms with Crippen LogP contribution in [0.2, 0.25) is 0 Å². The van der Waals surface area contributed by atoms with Crippen LogP contribution in [0.15, 0.2) is 24.3 Å². The number of hydrogen-bond donors (Lipinski definition) is 2. The molecule has 0 atom stereocenters. The molecule has 128 valence electrons. The van der Waals surface area contributed by atoms with Crippen LogP contribution in [0.4, 0.5) is 23.7 Å². The van der Waals surface area contributed by atoms with E-state index in [9.17, 15) is 18.0 Å². The van der Waals surface area contributed by atoms with Gasteiger partial charge in [-0.25, -0.2) is 4.79 Å². The van der Waals surface area contributed by atoms with Gasteiger partial charge in [-0.2, -0.15) is 0 Å². The number of aromatic nitrogens is 3. The standard InChI is InChI=1S/C14H14F3N5O2/c15-14(16,17)24-10-5-2-1-4-9(10)19-13(23)18-8-12-21-20-11-6-3-7-22(11)12/h1-2,4-5H,3,6-8H2,(H2,18,19,23). The van der Waals surface area contributed by atoms with E-state index in [1.807, 2.05) is 4.57 Å². The normalized spacial score (nSPS) is 13.5. The smallest absolute Gasteiger partial charge is 0.404 e. The molecule has 0 aliphatic carbocycles. The number of carbonyl (C=O) groups excluding carboxylic acids is 1. The van der Waals surface area contributed by atoms with Crippen LogP contribution < -0.4 is 15.4 Å². The van der Waals surface area contributed by atoms with Gasteiger partial charge in [0, 0.05) is 13.0 Å². The van der Waals surface area contributed by atoms with E-state index in [1.165, 1.54) is 18.2 Å². The van der Waals surface area contributed by atoms with Crippen molar-refractivity contribution < 1.29 is 22.7 Å². The molecular weight excluding hydrogens is 327 g/mol. The number of para-hydroxylation sites is 2. The second-order valence-electron chi connectivity index (χ2n) is 5.14. The molecule has 2 N–H and O–H groups in total. The fraction of sp³-hybridized carbons (Fsp3) is 0.357. The maximum Gasteiger partial charge on any atom is 0.573 e. The molecular formula is C14H14F3N5O2. The van der Waals surface area contributed by atoms with Gasteiger partial charge in [0.15, 0.2) is 11.6 Å². The first-order valence-electron chi connectivity index (χ1n) is 7.23. The van der Waals surface area contributed by atoms with Gasteiger partial charge in [-0.15, -0.1) is 23.4 Å². The monoisotopic (exact) mass is 341 g/mol. The fourth-order valence-electron chi connectivity index (χ4n) is 2.45. The summed E-state index contributed by atoms with van der Waals surface area (Å²) < 4.78 is 42.8. The van der Waals surface area contributed by atoms with Gasteiger partial charge in [0.1, 0.15) is 5.82 Å². The summed E-state index contributed by atoms with van der Waals surface area (Å²) in [6, 6.07) is 4.64. The Balaban J connectivity index is 1.61. The van der Waals surface area contributed by atoms with Gasteiger partial charge in [-0.3, -0.25) is 0 Å². The van der Waals surface area contributed by atoms with Crippen molar-refractivity contribution in [3.63, 3.8) is 0 Å². The number of hydrogen-bond acceptors (Lipinski definition) is 4. The number of nitrogens with zero attached hydrogens (tertiary/aromatic N) is 3. The van der Waals surface area contributed by atoms with Crippen LogP contribution in [-0.2, 0) is 19.5 Å². The summed E-state index contributed by atoms with van der Waals surface area (Å²) in [5.41, 5.74) is -0.0844. The van der Waals surface area contributed by atoms with E-state index in [0.717, 1.165) is 31.3 Å². The number of nitrogens with one attached hydrogen (secondary N) is 2. The van der Waals surface area contributed by atoms with Crippen molar-refractivity contribution in [3.05, 3.63) is 35.9 Å². The molecule has 7 nitrogen and oxygen atoms in total. The molecule has 3 rings (SSSR count). The average Bonchev–Trinajstić information content (AvgIpc) is 3.09. The van der Waals surface area contributed by atoms with Crippen molar-refractivity contribution >= 4 is 11.7 Å². The molecule has 2 amide bonds. The van der Waals surface area contributed by atoms with Crippen LogP contribution in [-0.4, -0.2) is 27.2 Å². The lowest BCUT2D eigenvalue weighted by molar-refractivity contribution is -0.274. The topological polar surface area (TPSA) is 81.1 Å². The third-order valence-electron chi connectivity index (χ3n) is 3.45. The van der Waals surface area contributed by atoms with E-state index >= 15 is 0 Å². The number of fused-ring (bicyclic) bond motifs is 1. The summed E-state index contributed by atoms with van der Waals surface area (Å²) in [5.74, 6) is 0.997. The molecule has 1 aromatic carbocycles. The number of benzene rings is 1. The molecule has 1 aromatic heterocycles. The highest BCUT2D eigenvalue weighted by Gasteiger charge is 2.32. The number of rotatable bonds is 4. The highest BCUT2D eigenvalue weighted by molar-refractivity contribution is 5.90. The van der Waals surface area contributed by atoms with Gasteiger partial charge in [-0.1, -0.05) is 12.1 Å². The molecule has 1 aliphatic rings. The molecule has 2 heterocycles. The first-order chi connectivity index (χ1) is 11.4. The van der Waals surface area contributed by atoms with Gasteiger partial charge in [0.05, 0.1) is 12.2 Å². The molecule has 0 spiro atoms. The molecule has 0 saturated carbocycles. The first-order valence-corrected chi connectivity index (χ1v) is 7.23. The van der Waals surface area contributed by atoms with Gasteiger partial charge in [0.25, 0.3) is 0 Å². The molecule has 1 aliphatic heterocycles. The lowest BCUT2D eigenvalue weighted by Crippen LogP contribution is -2.30. The minimum Gasteiger partial charge on any atom is -0.404 e. The summed E-state index contributed by atoms with van der Waals surface area (Å²) in [6.07, 6.45) is -3.01. The summed E-state index contributed by atoms with van der Waals surface area (Å²) in [7, 11) is 0. The van der Waals surface area contributed by atoms with Crippen LogP contribution in [0, 0.1) is 0 Å². The molecule has 0 unspecified atom stereocenters. The second-order valence-corrected chi connectivity index (χ2v) is 5.14. The largest absolute Gasteiger partial charge is 0.573 e. The lowest BCUT2D eigenvalue weighted by atomic mass is 10.3. The number of aryl methyl sites for hydroxylation is 1. The van der Waals surface area contributed by atoms with Gasteiger partial charge < -0.3 is 19.9 Å². The van der Waals surface area contributed by atoms with Crippen molar-refractivity contribution in [1.82, 2.24) is 20.1 Å². The van der Waals surface area contributed by atoms with Gasteiger partial charge in [0.2, 0.25) is 0 Å². The molecule has 10 heteroatoms. The molecule has 0 bridgehead atoms. The fourth-order valence-corrected chi connectivity index (χ4v) is 2.45. The van der Waals surface area contributed by atoms with E-state index in [4.69, 9.17) is 0 Å². The molecule has 0 fully saturated rings. The third kappa shape index (κ3) is 3.76. The number of urea groups is 1. The number of halogens is 3. The zero-order valence-electron chi connectivity index (χ0n) is 12.4. The summed E-state index contributed by atoms with van der Waals surface area (Å²) >= 11 is 0. The van der Waals surface area contributed by atoms with Crippen molar-refractivity contribution in [2.75, 3.05) is 5.32 Å². The second kappa shape index (κ2) is 6.38. The zero-order chi connectivity index (χ0) is 17.2. The maximum atomic E-state index is 12.4. The Morgan fingerprint density at radius 3 is 2.88 bits per heavy atom. The number of ether oxygens (including phenoxy) is 1. The van der Waals surface area contributed by atoms with Crippen molar-refractivity contribution in [2.24, 2.45) is 0 Å². The Hall–Kier alpha value is -2.78. The SMILES string of the molecule is O=C(NCc1nnc2n1CCC2)Nc1ccccc1OC(F)(F)F. The highest BCUT2D eigenvalue weighted by Crippen LogP contribution is 2.29. The van der Waals surface area contributed by atoms with Crippen LogP contribution in [0.5, 0.6) is 5.75 Å². The van der Waals surface area contributed by atoms with E-state index in [0.29, 0.717) is 5.82 Å². The predicted molar refractivity (Wildman–Crippen MR) is 77.3 cm³/mol. The summed E-state index contributed by atoms with van der Waals surface area (Å²) in [5, 5.41) is 12.9. The third-order valence-corrected chi connectivity index (χ3v) is 3.45. The number of anilines is 1. The first kappa shape index (κ1) is 16.1. The van der Waals surface area contributed by atoms with E-state index < -0.39 is 18.1 Å². The average molecular weight is 341 g/mol. The zero-order valence-corrected chi connectivity index (χ0v) is 12.4. The molecule has 0 radical (unpaired) electrons. The molecule has 2 aromatic rings. The highest BCUT2D eigenvalue weighted by atomic mass is 19.4. The van der Waals surface area contributed by atoms with Crippen LogP contribution in [0.1, 0.15) is 18.1 Å².